The quantitative estimate of drug-likeness (QED) is 0.885. The van der Waals surface area contributed by atoms with Crippen molar-refractivity contribution in [1.82, 2.24) is 0 Å². The second-order valence-electron chi connectivity index (χ2n) is 4.41. The number of hydrogen-bond donors (Lipinski definition) is 1. The third-order valence-corrected chi connectivity index (χ3v) is 4.97. The molecule has 0 aliphatic rings. The summed E-state index contributed by atoms with van der Waals surface area (Å²) in [7, 11) is -3.55. The third-order valence-electron chi connectivity index (χ3n) is 2.75. The molecule has 5 heteroatoms. The number of aryl methyl sites for hydroxylation is 1. The van der Waals surface area contributed by atoms with Gasteiger partial charge in [0.05, 0.1) is 16.5 Å². The Morgan fingerprint density at radius 2 is 1.84 bits per heavy atom. The molecule has 0 unspecified atom stereocenters. The summed E-state index contributed by atoms with van der Waals surface area (Å²) in [4.78, 5) is 0.0122. The van der Waals surface area contributed by atoms with Crippen molar-refractivity contribution in [3.8, 4) is 0 Å². The molecule has 0 bridgehead atoms. The van der Waals surface area contributed by atoms with Gasteiger partial charge in [0.2, 0.25) is 0 Å². The topological polar surface area (TPSA) is 60.2 Å². The molecular weight excluding hydrogens is 282 g/mol. The van der Waals surface area contributed by atoms with Crippen LogP contribution in [-0.2, 0) is 15.6 Å². The fourth-order valence-corrected chi connectivity index (χ4v) is 4.04. The Morgan fingerprint density at radius 1 is 1.16 bits per heavy atom. The number of rotatable bonds is 3. The maximum Gasteiger partial charge on any atom is 0.186 e. The van der Waals surface area contributed by atoms with Crippen LogP contribution in [0.5, 0.6) is 0 Å². The molecule has 0 aliphatic carbocycles. The molecule has 2 aromatic rings. The van der Waals surface area contributed by atoms with Gasteiger partial charge in [0.25, 0.3) is 0 Å². The molecule has 0 saturated carbocycles. The van der Waals surface area contributed by atoms with E-state index in [2.05, 4.69) is 0 Å². The smallest absolute Gasteiger partial charge is 0.186 e. The molecule has 0 amide bonds. The number of halogens is 1. The normalized spacial score (nSPS) is 11.5. The SMILES string of the molecule is Cc1cccc(CS(=O)(=O)c2c(N)cccc2Cl)c1. The molecule has 2 rings (SSSR count). The second-order valence-corrected chi connectivity index (χ2v) is 6.74. The van der Waals surface area contributed by atoms with Gasteiger partial charge in [0, 0.05) is 0 Å². The lowest BCUT2D eigenvalue weighted by Gasteiger charge is -2.09. The Balaban J connectivity index is 2.44. The minimum Gasteiger partial charge on any atom is -0.398 e. The molecule has 0 radical (unpaired) electrons. The maximum atomic E-state index is 12.4. The lowest BCUT2D eigenvalue weighted by molar-refractivity contribution is 0.595. The molecule has 0 spiro atoms. The first-order valence-electron chi connectivity index (χ1n) is 5.72. The van der Waals surface area contributed by atoms with Gasteiger partial charge in [-0.25, -0.2) is 8.42 Å². The van der Waals surface area contributed by atoms with Crippen molar-refractivity contribution >= 4 is 27.1 Å². The Hall–Kier alpha value is -1.52. The van der Waals surface area contributed by atoms with E-state index < -0.39 is 9.84 Å². The van der Waals surface area contributed by atoms with E-state index in [-0.39, 0.29) is 21.4 Å². The van der Waals surface area contributed by atoms with Gasteiger partial charge in [-0.15, -0.1) is 0 Å². The predicted octanol–water partition coefficient (Wildman–Crippen LogP) is 3.20. The second kappa shape index (κ2) is 5.23. The molecule has 2 aromatic carbocycles. The van der Waals surface area contributed by atoms with Crippen molar-refractivity contribution in [2.45, 2.75) is 17.6 Å². The zero-order chi connectivity index (χ0) is 14.0. The summed E-state index contributed by atoms with van der Waals surface area (Å²) in [5.41, 5.74) is 7.64. The van der Waals surface area contributed by atoms with Crippen LogP contribution in [0.1, 0.15) is 11.1 Å². The molecule has 0 aliphatic heterocycles. The average molecular weight is 296 g/mol. The fourth-order valence-electron chi connectivity index (χ4n) is 1.95. The molecule has 100 valence electrons. The number of anilines is 1. The highest BCUT2D eigenvalue weighted by atomic mass is 35.5. The molecule has 0 atom stereocenters. The molecule has 3 nitrogen and oxygen atoms in total. The van der Waals surface area contributed by atoms with Crippen molar-refractivity contribution < 1.29 is 8.42 Å². The Morgan fingerprint density at radius 3 is 2.47 bits per heavy atom. The summed E-state index contributed by atoms with van der Waals surface area (Å²) < 4.78 is 24.8. The van der Waals surface area contributed by atoms with E-state index in [1.54, 1.807) is 12.1 Å². The minimum absolute atomic E-state index is 0.0122. The van der Waals surface area contributed by atoms with E-state index in [0.29, 0.717) is 0 Å². The van der Waals surface area contributed by atoms with E-state index in [1.165, 1.54) is 12.1 Å². The van der Waals surface area contributed by atoms with Gasteiger partial charge in [0.1, 0.15) is 4.90 Å². The van der Waals surface area contributed by atoms with Crippen LogP contribution in [0, 0.1) is 6.92 Å². The first-order valence-corrected chi connectivity index (χ1v) is 7.75. The number of benzene rings is 2. The summed E-state index contributed by atoms with van der Waals surface area (Å²) in [5, 5.41) is 0.160. The van der Waals surface area contributed by atoms with Crippen LogP contribution in [0.2, 0.25) is 5.02 Å². The molecule has 19 heavy (non-hydrogen) atoms. The molecule has 0 heterocycles. The lowest BCUT2D eigenvalue weighted by atomic mass is 10.2. The zero-order valence-electron chi connectivity index (χ0n) is 10.4. The van der Waals surface area contributed by atoms with E-state index in [1.807, 2.05) is 25.1 Å². The van der Waals surface area contributed by atoms with Gasteiger partial charge in [-0.3, -0.25) is 0 Å². The molecule has 0 saturated heterocycles. The highest BCUT2D eigenvalue weighted by molar-refractivity contribution is 7.91. The minimum atomic E-state index is -3.55. The highest BCUT2D eigenvalue weighted by Crippen LogP contribution is 2.29. The van der Waals surface area contributed by atoms with Crippen molar-refractivity contribution in [3.05, 3.63) is 58.6 Å². The molecule has 2 N–H and O–H groups in total. The van der Waals surface area contributed by atoms with Gasteiger partial charge in [-0.05, 0) is 24.6 Å². The summed E-state index contributed by atoms with van der Waals surface area (Å²) in [6.45, 7) is 1.92. The first-order chi connectivity index (χ1) is 8.90. The summed E-state index contributed by atoms with van der Waals surface area (Å²) in [5.74, 6) is -0.109. The summed E-state index contributed by atoms with van der Waals surface area (Å²) >= 11 is 5.95. The van der Waals surface area contributed by atoms with Crippen LogP contribution >= 0.6 is 11.6 Å². The standard InChI is InChI=1S/C14H14ClNO2S/c1-10-4-2-5-11(8-10)9-19(17,18)14-12(15)6-3-7-13(14)16/h2-8H,9,16H2,1H3. The summed E-state index contributed by atoms with van der Waals surface area (Å²) in [6, 6.07) is 12.1. The summed E-state index contributed by atoms with van der Waals surface area (Å²) in [6.07, 6.45) is 0. The third kappa shape index (κ3) is 3.08. The van der Waals surface area contributed by atoms with Crippen molar-refractivity contribution in [2.24, 2.45) is 0 Å². The Kier molecular flexibility index (Phi) is 3.83. The molecule has 0 fully saturated rings. The fraction of sp³-hybridized carbons (Fsp3) is 0.143. The van der Waals surface area contributed by atoms with E-state index in [9.17, 15) is 8.42 Å². The Bertz CT molecular complexity index is 691. The van der Waals surface area contributed by atoms with Gasteiger partial charge in [0.15, 0.2) is 9.84 Å². The molecular formula is C14H14ClNO2S. The maximum absolute atomic E-state index is 12.4. The monoisotopic (exact) mass is 295 g/mol. The number of nitrogen functional groups attached to an aromatic ring is 1. The van der Waals surface area contributed by atoms with E-state index in [0.717, 1.165) is 11.1 Å². The van der Waals surface area contributed by atoms with E-state index in [4.69, 9.17) is 17.3 Å². The Labute approximate surface area is 117 Å². The van der Waals surface area contributed by atoms with Crippen LogP contribution in [-0.4, -0.2) is 8.42 Å². The highest BCUT2D eigenvalue weighted by Gasteiger charge is 2.21. The number of nitrogens with two attached hydrogens (primary N) is 1. The number of hydrogen-bond acceptors (Lipinski definition) is 3. The van der Waals surface area contributed by atoms with Crippen LogP contribution in [0.3, 0.4) is 0 Å². The van der Waals surface area contributed by atoms with Gasteiger partial charge < -0.3 is 5.73 Å². The van der Waals surface area contributed by atoms with E-state index >= 15 is 0 Å². The first kappa shape index (κ1) is 13.9. The van der Waals surface area contributed by atoms with Crippen LogP contribution in [0.25, 0.3) is 0 Å². The van der Waals surface area contributed by atoms with Gasteiger partial charge >= 0.3 is 0 Å². The lowest BCUT2D eigenvalue weighted by Crippen LogP contribution is -2.08. The van der Waals surface area contributed by atoms with Crippen molar-refractivity contribution in [2.75, 3.05) is 5.73 Å². The zero-order valence-corrected chi connectivity index (χ0v) is 12.0. The van der Waals surface area contributed by atoms with Crippen LogP contribution in [0.15, 0.2) is 47.4 Å². The predicted molar refractivity (Wildman–Crippen MR) is 77.9 cm³/mol. The van der Waals surface area contributed by atoms with Crippen molar-refractivity contribution in [1.29, 1.82) is 0 Å². The van der Waals surface area contributed by atoms with Crippen LogP contribution in [0.4, 0.5) is 5.69 Å². The average Bonchev–Trinajstić information content (AvgIpc) is 2.27. The largest absolute Gasteiger partial charge is 0.398 e. The van der Waals surface area contributed by atoms with Crippen LogP contribution < -0.4 is 5.73 Å². The number of sulfone groups is 1. The van der Waals surface area contributed by atoms with Gasteiger partial charge in [-0.1, -0.05) is 47.5 Å². The van der Waals surface area contributed by atoms with Crippen molar-refractivity contribution in [3.63, 3.8) is 0 Å². The van der Waals surface area contributed by atoms with Gasteiger partial charge in [-0.2, -0.15) is 0 Å². The molecule has 0 aromatic heterocycles.